The lowest BCUT2D eigenvalue weighted by Crippen LogP contribution is -2.30. The van der Waals surface area contributed by atoms with Crippen LogP contribution < -0.4 is 4.57 Å². The van der Waals surface area contributed by atoms with E-state index in [1.807, 2.05) is 26.8 Å². The molecule has 0 saturated heterocycles. The Bertz CT molecular complexity index is 1130. The average Bonchev–Trinajstić information content (AvgIpc) is 2.59. The van der Waals surface area contributed by atoms with E-state index in [1.54, 1.807) is 31.5 Å². The van der Waals surface area contributed by atoms with Crippen molar-refractivity contribution in [1.29, 1.82) is 0 Å². The molecule has 0 fully saturated rings. The van der Waals surface area contributed by atoms with Gasteiger partial charge in [0.1, 0.15) is 8.42 Å². The van der Waals surface area contributed by atoms with E-state index >= 15 is 0 Å². The lowest BCUT2D eigenvalue weighted by molar-refractivity contribution is -0.659. The van der Waals surface area contributed by atoms with E-state index in [1.165, 1.54) is 0 Å². The van der Waals surface area contributed by atoms with E-state index < -0.39 is 5.89 Å². The van der Waals surface area contributed by atoms with E-state index in [9.17, 15) is 0 Å². The second-order valence-corrected chi connectivity index (χ2v) is 6.50. The van der Waals surface area contributed by atoms with E-state index in [-0.39, 0.29) is 24.3 Å². The number of nitrogens with zero attached hydrogens (tertiary/aromatic N) is 1. The summed E-state index contributed by atoms with van der Waals surface area (Å²) < 4.78 is 44.1. The molecule has 3 rings (SSSR count). The van der Waals surface area contributed by atoms with Crippen molar-refractivity contribution in [1.82, 2.24) is 0 Å². The normalized spacial score (nSPS) is 15.0. The Morgan fingerprint density at radius 3 is 2.48 bits per heavy atom. The fourth-order valence-corrected chi connectivity index (χ4v) is 2.97. The summed E-state index contributed by atoms with van der Waals surface area (Å²) in [7, 11) is 1.73. The molecule has 0 aliphatic carbocycles. The van der Waals surface area contributed by atoms with Gasteiger partial charge in [0.2, 0.25) is 5.69 Å². The van der Waals surface area contributed by atoms with Crippen molar-refractivity contribution >= 4 is 10.8 Å². The fraction of sp³-hybridized carbons (Fsp3) is 0.318. The number of hydrogen-bond acceptors (Lipinski definition) is 0. The summed E-state index contributed by atoms with van der Waals surface area (Å²) in [5.41, 5.74) is 5.23. The van der Waals surface area contributed by atoms with Crippen LogP contribution in [0.2, 0.25) is 0 Å². The van der Waals surface area contributed by atoms with Gasteiger partial charge in [0.25, 0.3) is 0 Å². The van der Waals surface area contributed by atoms with Crippen molar-refractivity contribution in [3.8, 4) is 11.3 Å². The third-order valence-corrected chi connectivity index (χ3v) is 4.42. The molecular weight excluding hydrogens is 278 g/mol. The second-order valence-electron chi connectivity index (χ2n) is 6.50. The van der Waals surface area contributed by atoms with Gasteiger partial charge in [-0.2, -0.15) is 0 Å². The molecule has 0 saturated carbocycles. The molecule has 1 heterocycles. The third-order valence-electron chi connectivity index (χ3n) is 4.42. The van der Waals surface area contributed by atoms with Crippen LogP contribution in [0.5, 0.6) is 0 Å². The predicted octanol–water partition coefficient (Wildman–Crippen LogP) is 5.38. The SMILES string of the molecule is [2H]c1c(C([2H])(C)C)cc2c([2H])c([2H])[n+](C)c(-c3cc(C)cc(C)c3C)c2c1[2H]. The second kappa shape index (κ2) is 5.81. The van der Waals surface area contributed by atoms with E-state index in [2.05, 4.69) is 6.07 Å². The highest BCUT2D eigenvalue weighted by Crippen LogP contribution is 2.31. The maximum Gasteiger partial charge on any atom is 0.220 e. The zero-order chi connectivity index (χ0) is 21.1. The number of aryl methyl sites for hydroxylation is 2. The van der Waals surface area contributed by atoms with E-state index in [4.69, 9.17) is 6.85 Å². The Morgan fingerprint density at radius 2 is 1.78 bits per heavy atom. The van der Waals surface area contributed by atoms with Gasteiger partial charge in [-0.3, -0.25) is 0 Å². The number of aromatic nitrogens is 1. The third kappa shape index (κ3) is 2.76. The van der Waals surface area contributed by atoms with Gasteiger partial charge in [-0.1, -0.05) is 37.6 Å². The molecule has 0 aliphatic heterocycles. The molecule has 2 aromatic carbocycles. The van der Waals surface area contributed by atoms with E-state index in [0.29, 0.717) is 22.0 Å². The first kappa shape index (κ1) is 10.6. The molecule has 0 unspecified atom stereocenters. The Balaban J connectivity index is 2.61. The van der Waals surface area contributed by atoms with Crippen molar-refractivity contribution in [2.45, 2.75) is 40.5 Å². The number of benzene rings is 2. The standard InChI is InChI=1S/C22H26N/c1-14(2)18-7-8-20-19(13-18)9-10-23(6)22(20)21-12-15(3)11-16(4)17(21)5/h7-14H,1-6H3/q+1/i7D,8D,9D,10D,14D. The summed E-state index contributed by atoms with van der Waals surface area (Å²) >= 11 is 0. The van der Waals surface area contributed by atoms with Crippen molar-refractivity contribution in [2.75, 3.05) is 0 Å². The molecule has 0 atom stereocenters. The Kier molecular flexibility index (Phi) is 2.67. The first-order valence-electron chi connectivity index (χ1n) is 10.4. The zero-order valence-electron chi connectivity index (χ0n) is 19.7. The lowest BCUT2D eigenvalue weighted by Gasteiger charge is -2.12. The molecule has 0 amide bonds. The topological polar surface area (TPSA) is 3.88 Å². The fourth-order valence-electron chi connectivity index (χ4n) is 2.97. The van der Waals surface area contributed by atoms with Gasteiger partial charge in [-0.05, 0) is 60.9 Å². The average molecular weight is 309 g/mol. The largest absolute Gasteiger partial charge is 0.220 e. The minimum atomic E-state index is -1.07. The van der Waals surface area contributed by atoms with Gasteiger partial charge in [-0.15, -0.1) is 0 Å². The van der Waals surface area contributed by atoms with Crippen LogP contribution in [0, 0.1) is 20.8 Å². The van der Waals surface area contributed by atoms with Gasteiger partial charge >= 0.3 is 0 Å². The predicted molar refractivity (Wildman–Crippen MR) is 98.9 cm³/mol. The molecule has 23 heavy (non-hydrogen) atoms. The summed E-state index contributed by atoms with van der Waals surface area (Å²) in [4.78, 5) is 0. The quantitative estimate of drug-likeness (QED) is 0.560. The van der Waals surface area contributed by atoms with Crippen molar-refractivity contribution in [3.63, 3.8) is 0 Å². The molecule has 0 spiro atoms. The maximum atomic E-state index is 8.71. The molecule has 1 aromatic heterocycles. The summed E-state index contributed by atoms with van der Waals surface area (Å²) in [6, 6.07) is 5.82. The highest BCUT2D eigenvalue weighted by Gasteiger charge is 2.18. The highest BCUT2D eigenvalue weighted by molar-refractivity contribution is 5.94. The number of rotatable bonds is 2. The molecule has 1 nitrogen and oxygen atoms in total. The molecule has 0 radical (unpaired) electrons. The molecule has 0 N–H and O–H groups in total. The van der Waals surface area contributed by atoms with Gasteiger partial charge in [-0.25, -0.2) is 4.57 Å². The van der Waals surface area contributed by atoms with Gasteiger partial charge < -0.3 is 0 Å². The molecule has 1 heteroatoms. The first-order chi connectivity index (χ1) is 12.9. The number of hydrogen-bond donors (Lipinski definition) is 0. The Morgan fingerprint density at radius 1 is 1.04 bits per heavy atom. The molecular formula is C22H26N+. The van der Waals surface area contributed by atoms with E-state index in [0.717, 1.165) is 22.3 Å². The highest BCUT2D eigenvalue weighted by atomic mass is 14.9. The monoisotopic (exact) mass is 309 g/mol. The smallest absolute Gasteiger partial charge is 0.200 e. The number of pyridine rings is 1. The molecule has 0 aliphatic rings. The van der Waals surface area contributed by atoms with Crippen LogP contribution in [0.15, 0.2) is 42.5 Å². The van der Waals surface area contributed by atoms with Crippen LogP contribution >= 0.6 is 0 Å². The molecule has 3 aromatic rings. The van der Waals surface area contributed by atoms with Gasteiger partial charge in [0.15, 0.2) is 6.17 Å². The molecule has 118 valence electrons. The van der Waals surface area contributed by atoms with Crippen molar-refractivity contribution < 1.29 is 11.4 Å². The minimum Gasteiger partial charge on any atom is -0.200 e. The van der Waals surface area contributed by atoms with Crippen LogP contribution in [-0.4, -0.2) is 0 Å². The molecule has 0 bridgehead atoms. The summed E-state index contributed by atoms with van der Waals surface area (Å²) in [6.07, 6.45) is 0.0481. The van der Waals surface area contributed by atoms with Crippen LogP contribution in [-0.2, 0) is 7.05 Å². The van der Waals surface area contributed by atoms with Crippen LogP contribution in [0.3, 0.4) is 0 Å². The lowest BCUT2D eigenvalue weighted by atomic mass is 9.93. The van der Waals surface area contributed by atoms with Crippen molar-refractivity contribution in [2.24, 2.45) is 7.05 Å². The number of fused-ring (bicyclic) bond motifs is 1. The van der Waals surface area contributed by atoms with Crippen LogP contribution in [0.1, 0.15) is 48.8 Å². The van der Waals surface area contributed by atoms with Gasteiger partial charge in [0, 0.05) is 7.41 Å². The Labute approximate surface area is 146 Å². The minimum absolute atomic E-state index is 0.00508. The summed E-state index contributed by atoms with van der Waals surface area (Å²) in [5.74, 6) is -1.07. The van der Waals surface area contributed by atoms with Crippen LogP contribution in [0.4, 0.5) is 0 Å². The zero-order valence-corrected chi connectivity index (χ0v) is 14.7. The van der Waals surface area contributed by atoms with Gasteiger partial charge in [0.05, 0.1) is 15.1 Å². The first-order valence-corrected chi connectivity index (χ1v) is 7.88. The van der Waals surface area contributed by atoms with Crippen LogP contribution in [0.25, 0.3) is 22.0 Å². The summed E-state index contributed by atoms with van der Waals surface area (Å²) in [6.45, 7) is 9.41. The Hall–Kier alpha value is -2.15. The van der Waals surface area contributed by atoms with Crippen molar-refractivity contribution in [3.05, 3.63) is 64.8 Å². The summed E-state index contributed by atoms with van der Waals surface area (Å²) in [5, 5.41) is 0.947. The maximum absolute atomic E-state index is 8.71.